The average Bonchev–Trinajstić information content (AvgIpc) is 3.63. The summed E-state index contributed by atoms with van der Waals surface area (Å²) in [5.41, 5.74) is 5.99. The average molecular weight is 565 g/mol. The zero-order chi connectivity index (χ0) is 30.2. The van der Waals surface area contributed by atoms with Gasteiger partial charge in [0.15, 0.2) is 0 Å². The van der Waals surface area contributed by atoms with Gasteiger partial charge in [-0.15, -0.1) is 0 Å². The van der Waals surface area contributed by atoms with Crippen molar-refractivity contribution in [3.8, 4) is 23.6 Å². The SMILES string of the molecule is CC(=O)Oc1ccc2[nH]cc(/C(C#N)=C/c3cccnc3)c2c1.N#C/C(=C\c1cccnc1)c1c[nH]c2ccc(O)cc12. The van der Waals surface area contributed by atoms with Gasteiger partial charge in [-0.2, -0.15) is 10.5 Å². The quantitative estimate of drug-likeness (QED) is 0.117. The van der Waals surface area contributed by atoms with Crippen molar-refractivity contribution in [2.75, 3.05) is 0 Å². The molecule has 43 heavy (non-hydrogen) atoms. The van der Waals surface area contributed by atoms with E-state index in [0.29, 0.717) is 16.9 Å². The molecule has 0 aliphatic carbocycles. The second-order valence-electron chi connectivity index (χ2n) is 9.35. The molecule has 4 heterocycles. The van der Waals surface area contributed by atoms with E-state index in [1.165, 1.54) is 6.92 Å². The molecular formula is C34H24N6O3. The smallest absolute Gasteiger partial charge is 0.308 e. The van der Waals surface area contributed by atoms with E-state index in [-0.39, 0.29) is 11.7 Å². The number of ether oxygens (including phenoxy) is 1. The lowest BCUT2D eigenvalue weighted by Crippen LogP contribution is -2.00. The lowest BCUT2D eigenvalue weighted by Gasteiger charge is -2.02. The van der Waals surface area contributed by atoms with Crippen LogP contribution in [0.25, 0.3) is 45.1 Å². The number of nitriles is 2. The number of carbonyl (C=O) groups excluding carboxylic acids is 1. The van der Waals surface area contributed by atoms with E-state index < -0.39 is 0 Å². The number of hydrogen-bond donors (Lipinski definition) is 3. The molecule has 4 aromatic heterocycles. The van der Waals surface area contributed by atoms with Crippen molar-refractivity contribution in [3.63, 3.8) is 0 Å². The third-order valence-corrected chi connectivity index (χ3v) is 6.39. The fourth-order valence-electron chi connectivity index (χ4n) is 4.48. The molecule has 6 aromatic rings. The highest BCUT2D eigenvalue weighted by Gasteiger charge is 2.11. The maximum absolute atomic E-state index is 11.1. The second kappa shape index (κ2) is 12.8. The molecule has 0 saturated carbocycles. The zero-order valence-corrected chi connectivity index (χ0v) is 22.9. The fraction of sp³-hybridized carbons (Fsp3) is 0.0294. The van der Waals surface area contributed by atoms with Crippen LogP contribution in [0.2, 0.25) is 0 Å². The Balaban J connectivity index is 0.000000173. The summed E-state index contributed by atoms with van der Waals surface area (Å²) < 4.78 is 5.11. The summed E-state index contributed by atoms with van der Waals surface area (Å²) in [6, 6.07) is 22.1. The summed E-state index contributed by atoms with van der Waals surface area (Å²) in [5.74, 6) is 0.245. The minimum absolute atomic E-state index is 0.178. The summed E-state index contributed by atoms with van der Waals surface area (Å²) in [4.78, 5) is 25.4. The molecule has 0 radical (unpaired) electrons. The molecule has 0 spiro atoms. The first kappa shape index (κ1) is 28.1. The van der Waals surface area contributed by atoms with Gasteiger partial charge in [-0.05, 0) is 71.8 Å². The van der Waals surface area contributed by atoms with Crippen LogP contribution in [-0.4, -0.2) is 31.0 Å². The summed E-state index contributed by atoms with van der Waals surface area (Å²) in [7, 11) is 0. The predicted octanol–water partition coefficient (Wildman–Crippen LogP) is 6.89. The number of nitrogens with zero attached hydrogens (tertiary/aromatic N) is 4. The first-order valence-corrected chi connectivity index (χ1v) is 13.1. The first-order chi connectivity index (χ1) is 20.9. The van der Waals surface area contributed by atoms with Crippen LogP contribution in [0.3, 0.4) is 0 Å². The van der Waals surface area contributed by atoms with Gasteiger partial charge in [-0.3, -0.25) is 14.8 Å². The van der Waals surface area contributed by atoms with E-state index in [9.17, 15) is 20.4 Å². The van der Waals surface area contributed by atoms with Crippen LogP contribution < -0.4 is 4.74 Å². The highest BCUT2D eigenvalue weighted by atomic mass is 16.5. The summed E-state index contributed by atoms with van der Waals surface area (Å²) >= 11 is 0. The van der Waals surface area contributed by atoms with Crippen molar-refractivity contribution in [1.29, 1.82) is 10.5 Å². The Hall–Kier alpha value is -6.45. The number of phenols is 1. The van der Waals surface area contributed by atoms with Gasteiger partial charge < -0.3 is 19.8 Å². The number of nitrogens with one attached hydrogen (secondary N) is 2. The fourth-order valence-corrected chi connectivity index (χ4v) is 4.48. The number of aromatic hydroxyl groups is 1. The molecule has 0 amide bonds. The maximum atomic E-state index is 11.1. The predicted molar refractivity (Wildman–Crippen MR) is 165 cm³/mol. The standard InChI is InChI=1S/C18H13N3O2.C16H11N3O/c1-12(22)23-15-4-5-18-16(8-15)17(11-21-18)14(9-19)7-13-3-2-6-20-10-13;17-8-12(6-11-2-1-5-18-9-11)15-10-19-16-4-3-13(20)7-14(15)16/h2-8,10-11,21H,1H3;1-7,9-10,19-20H/b14-7+;12-6+. The maximum Gasteiger partial charge on any atom is 0.308 e. The van der Waals surface area contributed by atoms with Crippen LogP contribution in [-0.2, 0) is 4.79 Å². The molecular weight excluding hydrogens is 540 g/mol. The lowest BCUT2D eigenvalue weighted by atomic mass is 10.0. The van der Waals surface area contributed by atoms with Gasteiger partial charge in [0.1, 0.15) is 11.5 Å². The second-order valence-corrected chi connectivity index (χ2v) is 9.35. The largest absolute Gasteiger partial charge is 0.508 e. The van der Waals surface area contributed by atoms with E-state index in [1.807, 2.05) is 30.3 Å². The Morgan fingerprint density at radius 1 is 0.814 bits per heavy atom. The highest BCUT2D eigenvalue weighted by molar-refractivity contribution is 6.02. The molecule has 0 atom stereocenters. The van der Waals surface area contributed by atoms with Gasteiger partial charge >= 0.3 is 5.97 Å². The molecule has 0 bridgehead atoms. The number of fused-ring (bicyclic) bond motifs is 2. The molecule has 0 fully saturated rings. The van der Waals surface area contributed by atoms with Crippen molar-refractivity contribution in [3.05, 3.63) is 120 Å². The Labute approximate surface area is 246 Å². The van der Waals surface area contributed by atoms with Crippen LogP contribution in [0.4, 0.5) is 0 Å². The summed E-state index contributed by atoms with van der Waals surface area (Å²) in [6.07, 6.45) is 13.9. The molecule has 6 rings (SSSR count). The van der Waals surface area contributed by atoms with E-state index in [2.05, 4.69) is 32.1 Å². The Bertz CT molecular complexity index is 2060. The molecule has 0 aliphatic rings. The molecule has 3 N–H and O–H groups in total. The number of phenolic OH excluding ortho intramolecular Hbond substituents is 1. The van der Waals surface area contributed by atoms with Crippen LogP contribution in [0.15, 0.2) is 97.8 Å². The minimum atomic E-state index is -0.382. The van der Waals surface area contributed by atoms with Gasteiger partial charge in [0.05, 0.1) is 23.3 Å². The van der Waals surface area contributed by atoms with Gasteiger partial charge in [0, 0.05) is 77.0 Å². The van der Waals surface area contributed by atoms with E-state index in [0.717, 1.165) is 44.1 Å². The molecule has 0 aliphatic heterocycles. The number of rotatable bonds is 5. The number of esters is 1. The van der Waals surface area contributed by atoms with Gasteiger partial charge in [-0.25, -0.2) is 0 Å². The number of H-pyrrole nitrogens is 2. The van der Waals surface area contributed by atoms with E-state index >= 15 is 0 Å². The Kier molecular flexibility index (Phi) is 8.37. The van der Waals surface area contributed by atoms with E-state index in [4.69, 9.17) is 4.74 Å². The van der Waals surface area contributed by atoms with Crippen molar-refractivity contribution < 1.29 is 14.6 Å². The molecule has 208 valence electrons. The number of pyridine rings is 2. The summed E-state index contributed by atoms with van der Waals surface area (Å²) in [6.45, 7) is 1.35. The van der Waals surface area contributed by atoms with E-state index in [1.54, 1.807) is 79.7 Å². The van der Waals surface area contributed by atoms with Crippen LogP contribution >= 0.6 is 0 Å². The molecule has 0 unspecified atom stereocenters. The number of carbonyl (C=O) groups is 1. The van der Waals surface area contributed by atoms with Crippen LogP contribution in [0.1, 0.15) is 29.2 Å². The highest BCUT2D eigenvalue weighted by Crippen LogP contribution is 2.30. The number of aromatic amines is 2. The van der Waals surface area contributed by atoms with Crippen LogP contribution in [0, 0.1) is 22.7 Å². The topological polar surface area (TPSA) is 151 Å². The van der Waals surface area contributed by atoms with Crippen molar-refractivity contribution in [2.24, 2.45) is 0 Å². The van der Waals surface area contributed by atoms with Crippen molar-refractivity contribution in [1.82, 2.24) is 19.9 Å². The molecule has 9 heteroatoms. The van der Waals surface area contributed by atoms with Crippen molar-refractivity contribution >= 4 is 51.1 Å². The summed E-state index contributed by atoms with van der Waals surface area (Å²) in [5, 5.41) is 30.1. The van der Waals surface area contributed by atoms with Gasteiger partial charge in [0.2, 0.25) is 0 Å². The normalized spacial score (nSPS) is 11.3. The molecule has 2 aromatic carbocycles. The van der Waals surface area contributed by atoms with Gasteiger partial charge in [-0.1, -0.05) is 12.1 Å². The monoisotopic (exact) mass is 564 g/mol. The number of aromatic nitrogens is 4. The minimum Gasteiger partial charge on any atom is -0.508 e. The third kappa shape index (κ3) is 6.65. The molecule has 0 saturated heterocycles. The van der Waals surface area contributed by atoms with Gasteiger partial charge in [0.25, 0.3) is 0 Å². The Morgan fingerprint density at radius 3 is 1.84 bits per heavy atom. The van der Waals surface area contributed by atoms with Crippen molar-refractivity contribution in [2.45, 2.75) is 6.92 Å². The number of hydrogen-bond acceptors (Lipinski definition) is 7. The molecule has 9 nitrogen and oxygen atoms in total. The first-order valence-electron chi connectivity index (χ1n) is 13.1. The zero-order valence-electron chi connectivity index (χ0n) is 22.9. The number of benzene rings is 2. The van der Waals surface area contributed by atoms with Crippen LogP contribution in [0.5, 0.6) is 11.5 Å². The lowest BCUT2D eigenvalue weighted by molar-refractivity contribution is -0.131. The third-order valence-electron chi connectivity index (χ3n) is 6.39. The Morgan fingerprint density at radius 2 is 1.35 bits per heavy atom. The number of allylic oxidation sites excluding steroid dienone is 2.